The summed E-state index contributed by atoms with van der Waals surface area (Å²) in [6.07, 6.45) is 4.39. The van der Waals surface area contributed by atoms with Crippen LogP contribution in [0, 0.1) is 6.92 Å². The predicted molar refractivity (Wildman–Crippen MR) is 68.7 cm³/mol. The van der Waals surface area contributed by atoms with E-state index in [0.29, 0.717) is 6.04 Å². The fourth-order valence-corrected chi connectivity index (χ4v) is 1.99. The molecule has 1 aromatic carbocycles. The zero-order valence-electron chi connectivity index (χ0n) is 10.1. The molecule has 0 atom stereocenters. The molecule has 1 heterocycles. The third-order valence-corrected chi connectivity index (χ3v) is 3.24. The fraction of sp³-hybridized carbons (Fsp3) is 0.333. The Hall–Kier alpha value is -1.54. The second-order valence-electron chi connectivity index (χ2n) is 4.78. The van der Waals surface area contributed by atoms with Crippen LogP contribution in [0.25, 0.3) is 11.1 Å². The Morgan fingerprint density at radius 2 is 1.94 bits per heavy atom. The number of nitrogens with one attached hydrogen (secondary N) is 1. The maximum atomic E-state index is 5.56. The van der Waals surface area contributed by atoms with Gasteiger partial charge in [0.2, 0.25) is 0 Å². The summed E-state index contributed by atoms with van der Waals surface area (Å²) in [7, 11) is 0. The molecule has 1 aromatic heterocycles. The van der Waals surface area contributed by atoms with E-state index in [0.717, 1.165) is 12.3 Å². The highest BCUT2D eigenvalue weighted by atomic mass is 16.3. The topological polar surface area (TPSA) is 25.2 Å². The van der Waals surface area contributed by atoms with Crippen molar-refractivity contribution in [3.8, 4) is 11.1 Å². The molecule has 1 fully saturated rings. The first-order valence-electron chi connectivity index (χ1n) is 6.20. The summed E-state index contributed by atoms with van der Waals surface area (Å²) in [5.74, 6) is 1.04. The van der Waals surface area contributed by atoms with Crippen LogP contribution < -0.4 is 5.32 Å². The highest BCUT2D eigenvalue weighted by Crippen LogP contribution is 2.26. The molecule has 1 aliphatic rings. The summed E-state index contributed by atoms with van der Waals surface area (Å²) >= 11 is 0. The molecule has 0 amide bonds. The van der Waals surface area contributed by atoms with Gasteiger partial charge in [0.05, 0.1) is 12.8 Å². The van der Waals surface area contributed by atoms with E-state index in [1.807, 2.05) is 0 Å². The minimum Gasteiger partial charge on any atom is -0.467 e. The minimum absolute atomic E-state index is 0.714. The van der Waals surface area contributed by atoms with Gasteiger partial charge in [0.1, 0.15) is 5.76 Å². The maximum absolute atomic E-state index is 5.56. The molecule has 17 heavy (non-hydrogen) atoms. The highest BCUT2D eigenvalue weighted by Gasteiger charge is 2.21. The predicted octanol–water partition coefficient (Wildman–Crippen LogP) is 3.51. The van der Waals surface area contributed by atoms with E-state index in [1.165, 1.54) is 29.5 Å². The Morgan fingerprint density at radius 3 is 2.65 bits per heavy atom. The van der Waals surface area contributed by atoms with Gasteiger partial charge in [-0.3, -0.25) is 0 Å². The first-order valence-corrected chi connectivity index (χ1v) is 6.20. The Morgan fingerprint density at radius 1 is 1.18 bits per heavy atom. The van der Waals surface area contributed by atoms with Gasteiger partial charge in [-0.25, -0.2) is 0 Å². The van der Waals surface area contributed by atoms with E-state index in [9.17, 15) is 0 Å². The van der Waals surface area contributed by atoms with Gasteiger partial charge in [-0.05, 0) is 31.4 Å². The van der Waals surface area contributed by atoms with Gasteiger partial charge in [-0.2, -0.15) is 0 Å². The van der Waals surface area contributed by atoms with Crippen molar-refractivity contribution in [3.63, 3.8) is 0 Å². The number of hydrogen-bond donors (Lipinski definition) is 1. The second-order valence-corrected chi connectivity index (χ2v) is 4.78. The van der Waals surface area contributed by atoms with Crippen LogP contribution >= 0.6 is 0 Å². The Bertz CT molecular complexity index is 494. The molecule has 88 valence electrons. The molecule has 2 nitrogen and oxygen atoms in total. The lowest BCUT2D eigenvalue weighted by molar-refractivity contribution is 0.483. The van der Waals surface area contributed by atoms with Crippen molar-refractivity contribution in [2.45, 2.75) is 32.4 Å². The zero-order chi connectivity index (χ0) is 11.7. The second kappa shape index (κ2) is 4.38. The molecule has 0 unspecified atom stereocenters. The minimum atomic E-state index is 0.714. The third kappa shape index (κ3) is 2.42. The van der Waals surface area contributed by atoms with Crippen LogP contribution in [0.2, 0.25) is 0 Å². The summed E-state index contributed by atoms with van der Waals surface area (Å²) in [6, 6.07) is 11.3. The molecular formula is C15H17NO. The van der Waals surface area contributed by atoms with Gasteiger partial charge in [0, 0.05) is 11.6 Å². The van der Waals surface area contributed by atoms with Crippen molar-refractivity contribution in [2.24, 2.45) is 0 Å². The van der Waals surface area contributed by atoms with Crippen molar-refractivity contribution in [1.29, 1.82) is 0 Å². The van der Waals surface area contributed by atoms with Gasteiger partial charge in [0.25, 0.3) is 0 Å². The monoisotopic (exact) mass is 227 g/mol. The van der Waals surface area contributed by atoms with Gasteiger partial charge in [-0.15, -0.1) is 0 Å². The molecule has 2 heteroatoms. The summed E-state index contributed by atoms with van der Waals surface area (Å²) in [6.45, 7) is 2.94. The molecule has 0 bridgehead atoms. The van der Waals surface area contributed by atoms with Gasteiger partial charge in [-0.1, -0.05) is 29.8 Å². The number of benzene rings is 1. The SMILES string of the molecule is Cc1ccc(-c2ccoc2CNC2CC2)cc1. The smallest absolute Gasteiger partial charge is 0.125 e. The fourth-order valence-electron chi connectivity index (χ4n) is 1.99. The number of hydrogen-bond acceptors (Lipinski definition) is 2. The molecule has 1 saturated carbocycles. The van der Waals surface area contributed by atoms with E-state index in [4.69, 9.17) is 4.42 Å². The Kier molecular flexibility index (Phi) is 2.73. The van der Waals surface area contributed by atoms with E-state index in [-0.39, 0.29) is 0 Å². The average molecular weight is 227 g/mol. The van der Waals surface area contributed by atoms with Gasteiger partial charge < -0.3 is 9.73 Å². The lowest BCUT2D eigenvalue weighted by atomic mass is 10.0. The molecule has 0 spiro atoms. The molecule has 1 N–H and O–H groups in total. The van der Waals surface area contributed by atoms with Crippen LogP contribution in [0.15, 0.2) is 41.0 Å². The summed E-state index contributed by atoms with van der Waals surface area (Å²) < 4.78 is 5.56. The summed E-state index contributed by atoms with van der Waals surface area (Å²) in [5.41, 5.74) is 3.73. The van der Waals surface area contributed by atoms with E-state index >= 15 is 0 Å². The molecule has 1 aliphatic carbocycles. The highest BCUT2D eigenvalue weighted by molar-refractivity contribution is 5.65. The van der Waals surface area contributed by atoms with E-state index in [2.05, 4.69) is 42.6 Å². The van der Waals surface area contributed by atoms with Gasteiger partial charge in [0.15, 0.2) is 0 Å². The Labute approximate surface area is 102 Å². The van der Waals surface area contributed by atoms with Crippen LogP contribution in [0.3, 0.4) is 0 Å². The van der Waals surface area contributed by atoms with Crippen molar-refractivity contribution < 1.29 is 4.42 Å². The first-order chi connectivity index (χ1) is 8.33. The molecular weight excluding hydrogens is 210 g/mol. The lowest BCUT2D eigenvalue weighted by Gasteiger charge is -2.04. The molecule has 0 saturated heterocycles. The summed E-state index contributed by atoms with van der Waals surface area (Å²) in [4.78, 5) is 0. The van der Waals surface area contributed by atoms with Crippen LogP contribution in [0.1, 0.15) is 24.2 Å². The van der Waals surface area contributed by atoms with Crippen molar-refractivity contribution in [3.05, 3.63) is 47.9 Å². The first kappa shape index (κ1) is 10.6. The number of furan rings is 1. The standard InChI is InChI=1S/C15H17NO/c1-11-2-4-12(5-3-11)14-8-9-17-15(14)10-16-13-6-7-13/h2-5,8-9,13,16H,6-7,10H2,1H3. The number of rotatable bonds is 4. The van der Waals surface area contributed by atoms with Crippen molar-refractivity contribution >= 4 is 0 Å². The van der Waals surface area contributed by atoms with E-state index < -0.39 is 0 Å². The van der Waals surface area contributed by atoms with Crippen LogP contribution in [0.4, 0.5) is 0 Å². The maximum Gasteiger partial charge on any atom is 0.125 e. The Balaban J connectivity index is 1.81. The quantitative estimate of drug-likeness (QED) is 0.864. The zero-order valence-corrected chi connectivity index (χ0v) is 10.1. The van der Waals surface area contributed by atoms with E-state index in [1.54, 1.807) is 6.26 Å². The van der Waals surface area contributed by atoms with Crippen LogP contribution in [-0.2, 0) is 6.54 Å². The number of aryl methyl sites for hydroxylation is 1. The molecule has 2 aromatic rings. The molecule has 0 radical (unpaired) electrons. The molecule has 0 aliphatic heterocycles. The lowest BCUT2D eigenvalue weighted by Crippen LogP contribution is -2.15. The largest absolute Gasteiger partial charge is 0.467 e. The molecule has 3 rings (SSSR count). The normalized spacial score (nSPS) is 15.1. The van der Waals surface area contributed by atoms with Crippen molar-refractivity contribution in [1.82, 2.24) is 5.32 Å². The van der Waals surface area contributed by atoms with Gasteiger partial charge >= 0.3 is 0 Å². The van der Waals surface area contributed by atoms with Crippen LogP contribution in [-0.4, -0.2) is 6.04 Å². The average Bonchev–Trinajstić information content (AvgIpc) is 3.06. The van der Waals surface area contributed by atoms with Crippen molar-refractivity contribution in [2.75, 3.05) is 0 Å². The summed E-state index contributed by atoms with van der Waals surface area (Å²) in [5, 5.41) is 3.49. The third-order valence-electron chi connectivity index (χ3n) is 3.24. The van der Waals surface area contributed by atoms with Crippen LogP contribution in [0.5, 0.6) is 0 Å².